The number of hydrazone groups is 1. The molecule has 0 spiro atoms. The summed E-state index contributed by atoms with van der Waals surface area (Å²) >= 11 is 17.7. The number of benzene rings is 3. The van der Waals surface area contributed by atoms with Crippen LogP contribution < -0.4 is 20.2 Å². The molecule has 0 fully saturated rings. The van der Waals surface area contributed by atoms with E-state index >= 15 is 0 Å². The van der Waals surface area contributed by atoms with E-state index in [-0.39, 0.29) is 17.1 Å². The largest absolute Gasteiger partial charge is 0.490 e. The molecule has 3 rings (SSSR count). The molecule has 0 aromatic heterocycles. The second-order valence-electron chi connectivity index (χ2n) is 7.16. The number of carbonyl (C=O) groups excluding carboxylic acids is 2. The predicted octanol–water partition coefficient (Wildman–Crippen LogP) is 5.50. The number of nitrogens with one attached hydrogen (secondary N) is 2. The Kier molecular flexibility index (Phi) is 9.78. The Balaban J connectivity index is 1.53. The second kappa shape index (κ2) is 13.0. The number of amides is 2. The first-order valence-electron chi connectivity index (χ1n) is 10.5. The Morgan fingerprint density at radius 1 is 0.914 bits per heavy atom. The van der Waals surface area contributed by atoms with E-state index in [0.29, 0.717) is 40.3 Å². The lowest BCUT2D eigenvalue weighted by molar-refractivity contribution is -0.120. The van der Waals surface area contributed by atoms with E-state index < -0.39 is 11.8 Å². The normalized spacial score (nSPS) is 10.7. The van der Waals surface area contributed by atoms with Crippen LogP contribution in [0.25, 0.3) is 0 Å². The average molecular weight is 535 g/mol. The van der Waals surface area contributed by atoms with Gasteiger partial charge in [-0.25, -0.2) is 5.43 Å². The molecule has 0 aliphatic heterocycles. The summed E-state index contributed by atoms with van der Waals surface area (Å²) in [6.45, 7) is 2.41. The third-order valence-corrected chi connectivity index (χ3v) is 5.56. The van der Waals surface area contributed by atoms with Crippen molar-refractivity contribution in [3.63, 3.8) is 0 Å². The molecule has 0 saturated carbocycles. The van der Waals surface area contributed by atoms with E-state index in [2.05, 4.69) is 15.8 Å². The predicted molar refractivity (Wildman–Crippen MR) is 138 cm³/mol. The highest BCUT2D eigenvalue weighted by molar-refractivity contribution is 6.42. The summed E-state index contributed by atoms with van der Waals surface area (Å²) in [5.74, 6) is 0.166. The first-order chi connectivity index (χ1) is 16.9. The van der Waals surface area contributed by atoms with Crippen LogP contribution in [0.4, 0.5) is 0 Å². The summed E-state index contributed by atoms with van der Waals surface area (Å²) in [4.78, 5) is 24.1. The Hall–Kier alpha value is -3.26. The fourth-order valence-corrected chi connectivity index (χ4v) is 3.28. The highest BCUT2D eigenvalue weighted by atomic mass is 35.5. The molecule has 0 heterocycles. The maximum Gasteiger partial charge on any atom is 0.259 e. The lowest BCUT2D eigenvalue weighted by atomic mass is 10.2. The van der Waals surface area contributed by atoms with Gasteiger partial charge in [-0.3, -0.25) is 9.59 Å². The van der Waals surface area contributed by atoms with Gasteiger partial charge in [0.15, 0.2) is 11.5 Å². The van der Waals surface area contributed by atoms with Gasteiger partial charge in [-0.15, -0.1) is 0 Å². The Labute approximate surface area is 218 Å². The van der Waals surface area contributed by atoms with Crippen molar-refractivity contribution < 1.29 is 19.1 Å². The highest BCUT2D eigenvalue weighted by Crippen LogP contribution is 2.29. The number of ether oxygens (including phenoxy) is 2. The van der Waals surface area contributed by atoms with Gasteiger partial charge >= 0.3 is 0 Å². The van der Waals surface area contributed by atoms with Crippen LogP contribution in [0.5, 0.6) is 11.5 Å². The first kappa shape index (κ1) is 26.3. The Morgan fingerprint density at radius 2 is 1.69 bits per heavy atom. The molecule has 0 saturated heterocycles. The zero-order valence-corrected chi connectivity index (χ0v) is 21.0. The molecule has 0 bridgehead atoms. The zero-order chi connectivity index (χ0) is 25.2. The second-order valence-corrected chi connectivity index (χ2v) is 8.41. The summed E-state index contributed by atoms with van der Waals surface area (Å²) in [5.41, 5.74) is 4.31. The Bertz CT molecular complexity index is 1220. The van der Waals surface area contributed by atoms with Crippen LogP contribution in [0.1, 0.15) is 28.4 Å². The van der Waals surface area contributed by atoms with Gasteiger partial charge in [0.25, 0.3) is 11.8 Å². The van der Waals surface area contributed by atoms with Crippen LogP contribution in [0.3, 0.4) is 0 Å². The molecule has 0 aliphatic rings. The lowest BCUT2D eigenvalue weighted by Gasteiger charge is -2.12. The molecule has 0 radical (unpaired) electrons. The monoisotopic (exact) mass is 533 g/mol. The molecule has 10 heteroatoms. The van der Waals surface area contributed by atoms with Gasteiger partial charge in [-0.2, -0.15) is 5.10 Å². The molecule has 2 amide bonds. The average Bonchev–Trinajstić information content (AvgIpc) is 2.85. The van der Waals surface area contributed by atoms with Gasteiger partial charge in [-0.05, 0) is 66.6 Å². The van der Waals surface area contributed by atoms with E-state index in [1.165, 1.54) is 24.4 Å². The van der Waals surface area contributed by atoms with E-state index in [9.17, 15) is 9.59 Å². The summed E-state index contributed by atoms with van der Waals surface area (Å²) in [7, 11) is 0. The van der Waals surface area contributed by atoms with Crippen molar-refractivity contribution in [3.8, 4) is 11.5 Å². The highest BCUT2D eigenvalue weighted by Gasteiger charge is 2.10. The minimum Gasteiger partial charge on any atom is -0.490 e. The first-order valence-corrected chi connectivity index (χ1v) is 11.7. The van der Waals surface area contributed by atoms with Crippen LogP contribution in [0, 0.1) is 0 Å². The van der Waals surface area contributed by atoms with Crippen molar-refractivity contribution >= 4 is 52.8 Å². The number of rotatable bonds is 10. The maximum atomic E-state index is 12.1. The van der Waals surface area contributed by atoms with Gasteiger partial charge < -0.3 is 14.8 Å². The van der Waals surface area contributed by atoms with Crippen molar-refractivity contribution in [1.29, 1.82) is 0 Å². The third kappa shape index (κ3) is 8.17. The quantitative estimate of drug-likeness (QED) is 0.265. The van der Waals surface area contributed by atoms with Crippen LogP contribution >= 0.6 is 34.8 Å². The molecule has 3 aromatic carbocycles. The molecular weight excluding hydrogens is 513 g/mol. The van der Waals surface area contributed by atoms with Gasteiger partial charge in [0.2, 0.25) is 0 Å². The van der Waals surface area contributed by atoms with Crippen LogP contribution in [0.15, 0.2) is 65.8 Å². The van der Waals surface area contributed by atoms with E-state index in [1.54, 1.807) is 30.3 Å². The smallest absolute Gasteiger partial charge is 0.259 e. The minimum absolute atomic E-state index is 0.251. The fourth-order valence-electron chi connectivity index (χ4n) is 2.85. The molecule has 0 atom stereocenters. The summed E-state index contributed by atoms with van der Waals surface area (Å²) in [6, 6.07) is 17.1. The molecule has 182 valence electrons. The summed E-state index contributed by atoms with van der Waals surface area (Å²) in [5, 5.41) is 7.66. The van der Waals surface area contributed by atoms with Crippen molar-refractivity contribution in [2.75, 3.05) is 13.2 Å². The van der Waals surface area contributed by atoms with Gasteiger partial charge in [-0.1, -0.05) is 46.9 Å². The van der Waals surface area contributed by atoms with Crippen molar-refractivity contribution in [2.24, 2.45) is 5.10 Å². The van der Waals surface area contributed by atoms with Gasteiger partial charge in [0.05, 0.1) is 29.4 Å². The number of hydrogen-bond donors (Lipinski definition) is 2. The van der Waals surface area contributed by atoms with Gasteiger partial charge in [0.1, 0.15) is 6.61 Å². The topological polar surface area (TPSA) is 89.0 Å². The van der Waals surface area contributed by atoms with Crippen LogP contribution in [0.2, 0.25) is 15.1 Å². The van der Waals surface area contributed by atoms with E-state index in [0.717, 1.165) is 5.56 Å². The molecular formula is C25H22Cl3N3O4. The van der Waals surface area contributed by atoms with E-state index in [1.807, 2.05) is 19.1 Å². The molecule has 0 unspecified atom stereocenters. The molecule has 7 nitrogen and oxygen atoms in total. The van der Waals surface area contributed by atoms with Gasteiger partial charge in [0, 0.05) is 10.6 Å². The van der Waals surface area contributed by atoms with Crippen LogP contribution in [-0.4, -0.2) is 31.2 Å². The zero-order valence-electron chi connectivity index (χ0n) is 18.7. The summed E-state index contributed by atoms with van der Waals surface area (Å²) in [6.07, 6.45) is 1.46. The Morgan fingerprint density at radius 3 is 2.40 bits per heavy atom. The van der Waals surface area contributed by atoms with Crippen molar-refractivity contribution in [2.45, 2.75) is 13.5 Å². The van der Waals surface area contributed by atoms with Crippen LogP contribution in [-0.2, 0) is 11.4 Å². The number of halogens is 3. The number of hydrogen-bond acceptors (Lipinski definition) is 5. The minimum atomic E-state index is -0.498. The SMILES string of the molecule is CCOc1cc(C=NNC(=O)CNC(=O)c2ccc(Cl)c(Cl)c2)ccc1OCc1ccc(Cl)cc1. The van der Waals surface area contributed by atoms with Crippen molar-refractivity contribution in [3.05, 3.63) is 92.4 Å². The van der Waals surface area contributed by atoms with Crippen molar-refractivity contribution in [1.82, 2.24) is 10.7 Å². The number of carbonyl (C=O) groups is 2. The fraction of sp³-hybridized carbons (Fsp3) is 0.160. The number of nitrogens with zero attached hydrogens (tertiary/aromatic N) is 1. The molecule has 35 heavy (non-hydrogen) atoms. The molecule has 3 aromatic rings. The summed E-state index contributed by atoms with van der Waals surface area (Å²) < 4.78 is 11.6. The standard InChI is InChI=1S/C25H22Cl3N3O4/c1-2-34-23-11-17(5-10-22(23)35-15-16-3-7-19(26)8-4-16)13-30-31-24(32)14-29-25(33)18-6-9-20(27)21(28)12-18/h3-13H,2,14-15H2,1H3,(H,29,33)(H,31,32). The molecule has 2 N–H and O–H groups in total. The van der Waals surface area contributed by atoms with E-state index in [4.69, 9.17) is 44.3 Å². The molecule has 0 aliphatic carbocycles. The maximum absolute atomic E-state index is 12.1. The third-order valence-electron chi connectivity index (χ3n) is 4.57. The lowest BCUT2D eigenvalue weighted by Crippen LogP contribution is -2.34.